The molecule has 0 bridgehead atoms. The van der Waals surface area contributed by atoms with Crippen molar-refractivity contribution in [2.75, 3.05) is 0 Å². The summed E-state index contributed by atoms with van der Waals surface area (Å²) >= 11 is 3.17. The molecule has 3 nitrogen and oxygen atoms in total. The molecule has 1 aromatic carbocycles. The molecule has 2 aromatic rings. The van der Waals surface area contributed by atoms with Crippen LogP contribution in [0, 0.1) is 6.92 Å². The van der Waals surface area contributed by atoms with E-state index in [4.69, 9.17) is 5.11 Å². The Balaban J connectivity index is 2.11. The van der Waals surface area contributed by atoms with Crippen molar-refractivity contribution in [3.05, 3.63) is 45.9 Å². The first kappa shape index (κ1) is 12.1. The Bertz CT molecular complexity index is 537. The Hall–Kier alpha value is -1.33. The number of thiazole rings is 1. The van der Waals surface area contributed by atoms with Gasteiger partial charge in [-0.2, -0.15) is 0 Å². The molecule has 0 amide bonds. The van der Waals surface area contributed by atoms with Crippen LogP contribution in [0.1, 0.15) is 20.2 Å². The SMILES string of the molecule is Cc1ncc(CSc2ccccc2C(=O)O)s1. The zero-order valence-corrected chi connectivity index (χ0v) is 10.8. The van der Waals surface area contributed by atoms with Gasteiger partial charge in [0.15, 0.2) is 0 Å². The van der Waals surface area contributed by atoms with Crippen LogP contribution < -0.4 is 0 Å². The Labute approximate surface area is 108 Å². The van der Waals surface area contributed by atoms with Crippen molar-refractivity contribution in [3.63, 3.8) is 0 Å². The van der Waals surface area contributed by atoms with Crippen molar-refractivity contribution in [1.29, 1.82) is 0 Å². The highest BCUT2D eigenvalue weighted by atomic mass is 32.2. The maximum atomic E-state index is 11.0. The van der Waals surface area contributed by atoms with Crippen LogP contribution in [-0.4, -0.2) is 16.1 Å². The van der Waals surface area contributed by atoms with Gasteiger partial charge in [0.25, 0.3) is 0 Å². The summed E-state index contributed by atoms with van der Waals surface area (Å²) in [5.41, 5.74) is 0.360. The molecule has 0 atom stereocenters. The first-order chi connectivity index (χ1) is 8.16. The maximum absolute atomic E-state index is 11.0. The standard InChI is InChI=1S/C12H11NO2S2/c1-8-13-6-9(17-8)7-16-11-5-3-2-4-10(11)12(14)15/h2-6H,7H2,1H3,(H,14,15). The van der Waals surface area contributed by atoms with E-state index in [0.717, 1.165) is 20.5 Å². The van der Waals surface area contributed by atoms with Gasteiger partial charge in [0.05, 0.1) is 10.6 Å². The lowest BCUT2D eigenvalue weighted by atomic mass is 10.2. The fourth-order valence-corrected chi connectivity index (χ4v) is 3.25. The zero-order valence-electron chi connectivity index (χ0n) is 9.21. The molecule has 1 aromatic heterocycles. The fourth-order valence-electron chi connectivity index (χ4n) is 1.39. The number of carboxylic acids is 1. The molecular weight excluding hydrogens is 254 g/mol. The van der Waals surface area contributed by atoms with Crippen LogP contribution in [0.4, 0.5) is 0 Å². The Morgan fingerprint density at radius 1 is 1.47 bits per heavy atom. The number of hydrogen-bond donors (Lipinski definition) is 1. The maximum Gasteiger partial charge on any atom is 0.336 e. The lowest BCUT2D eigenvalue weighted by molar-refractivity contribution is 0.0693. The molecule has 2 rings (SSSR count). The largest absolute Gasteiger partial charge is 0.478 e. The molecule has 0 radical (unpaired) electrons. The molecule has 0 saturated heterocycles. The molecule has 0 saturated carbocycles. The summed E-state index contributed by atoms with van der Waals surface area (Å²) in [5.74, 6) is -0.121. The second kappa shape index (κ2) is 5.33. The number of rotatable bonds is 4. The number of carboxylic acid groups (broad SMARTS) is 1. The number of nitrogens with zero attached hydrogens (tertiary/aromatic N) is 1. The summed E-state index contributed by atoms with van der Waals surface area (Å²) in [4.78, 5) is 17.1. The summed E-state index contributed by atoms with van der Waals surface area (Å²) in [6, 6.07) is 7.06. The first-order valence-corrected chi connectivity index (χ1v) is 6.83. The monoisotopic (exact) mass is 265 g/mol. The van der Waals surface area contributed by atoms with Crippen LogP contribution >= 0.6 is 23.1 Å². The number of aromatic carboxylic acids is 1. The van der Waals surface area contributed by atoms with Gasteiger partial charge in [0.2, 0.25) is 0 Å². The zero-order chi connectivity index (χ0) is 12.3. The minimum absolute atomic E-state index is 0.360. The Morgan fingerprint density at radius 2 is 2.24 bits per heavy atom. The molecule has 17 heavy (non-hydrogen) atoms. The number of hydrogen-bond acceptors (Lipinski definition) is 4. The summed E-state index contributed by atoms with van der Waals surface area (Å²) in [6.45, 7) is 1.96. The predicted octanol–water partition coefficient (Wildman–Crippen LogP) is 3.44. The third-order valence-electron chi connectivity index (χ3n) is 2.16. The number of aromatic nitrogens is 1. The summed E-state index contributed by atoms with van der Waals surface area (Å²) < 4.78 is 0. The molecule has 0 spiro atoms. The van der Waals surface area contributed by atoms with E-state index in [-0.39, 0.29) is 0 Å². The van der Waals surface area contributed by atoms with Crippen molar-refractivity contribution < 1.29 is 9.90 Å². The summed E-state index contributed by atoms with van der Waals surface area (Å²) in [5, 5.41) is 10.1. The molecule has 0 unspecified atom stereocenters. The third-order valence-corrected chi connectivity index (χ3v) is 4.37. The first-order valence-electron chi connectivity index (χ1n) is 5.03. The van der Waals surface area contributed by atoms with Gasteiger partial charge >= 0.3 is 5.97 Å². The number of benzene rings is 1. The van der Waals surface area contributed by atoms with Crippen molar-refractivity contribution in [3.8, 4) is 0 Å². The van der Waals surface area contributed by atoms with Crippen LogP contribution in [0.5, 0.6) is 0 Å². The van der Waals surface area contributed by atoms with Crippen LogP contribution in [0.3, 0.4) is 0 Å². The number of aryl methyl sites for hydroxylation is 1. The van der Waals surface area contributed by atoms with E-state index in [9.17, 15) is 4.79 Å². The quantitative estimate of drug-likeness (QED) is 0.860. The van der Waals surface area contributed by atoms with Crippen LogP contribution in [-0.2, 0) is 5.75 Å². The highest BCUT2D eigenvalue weighted by Gasteiger charge is 2.09. The molecule has 0 aliphatic rings. The molecular formula is C12H11NO2S2. The van der Waals surface area contributed by atoms with Gasteiger partial charge < -0.3 is 5.11 Å². The molecule has 5 heteroatoms. The average Bonchev–Trinajstić information content (AvgIpc) is 2.73. The van der Waals surface area contributed by atoms with Gasteiger partial charge in [-0.15, -0.1) is 23.1 Å². The molecule has 0 fully saturated rings. The minimum atomic E-state index is -0.881. The summed E-state index contributed by atoms with van der Waals surface area (Å²) in [7, 11) is 0. The van der Waals surface area contributed by atoms with Crippen LogP contribution in [0.15, 0.2) is 35.4 Å². The van der Waals surface area contributed by atoms with Gasteiger partial charge in [-0.05, 0) is 19.1 Å². The molecule has 1 heterocycles. The van der Waals surface area contributed by atoms with E-state index >= 15 is 0 Å². The predicted molar refractivity (Wildman–Crippen MR) is 69.8 cm³/mol. The topological polar surface area (TPSA) is 50.2 Å². The minimum Gasteiger partial charge on any atom is -0.478 e. The van der Waals surface area contributed by atoms with E-state index in [1.54, 1.807) is 23.5 Å². The average molecular weight is 265 g/mol. The lowest BCUT2D eigenvalue weighted by Crippen LogP contribution is -1.98. The Morgan fingerprint density at radius 3 is 2.88 bits per heavy atom. The summed E-state index contributed by atoms with van der Waals surface area (Å²) in [6.07, 6.45) is 1.84. The van der Waals surface area contributed by atoms with E-state index in [2.05, 4.69) is 4.98 Å². The van der Waals surface area contributed by atoms with Crippen molar-refractivity contribution >= 4 is 29.1 Å². The van der Waals surface area contributed by atoms with Crippen molar-refractivity contribution in [2.24, 2.45) is 0 Å². The lowest BCUT2D eigenvalue weighted by Gasteiger charge is -2.03. The van der Waals surface area contributed by atoms with Gasteiger partial charge in [0, 0.05) is 21.7 Å². The molecule has 0 aliphatic heterocycles. The number of carbonyl (C=O) groups is 1. The normalized spacial score (nSPS) is 10.4. The fraction of sp³-hybridized carbons (Fsp3) is 0.167. The van der Waals surface area contributed by atoms with Gasteiger partial charge in [0.1, 0.15) is 0 Å². The smallest absolute Gasteiger partial charge is 0.336 e. The molecule has 88 valence electrons. The van der Waals surface area contributed by atoms with Gasteiger partial charge in [-0.25, -0.2) is 9.78 Å². The second-order valence-electron chi connectivity index (χ2n) is 3.44. The highest BCUT2D eigenvalue weighted by Crippen LogP contribution is 2.28. The van der Waals surface area contributed by atoms with Crippen LogP contribution in [0.2, 0.25) is 0 Å². The number of thioether (sulfide) groups is 1. The van der Waals surface area contributed by atoms with E-state index in [1.807, 2.05) is 25.3 Å². The van der Waals surface area contributed by atoms with Crippen molar-refractivity contribution in [1.82, 2.24) is 4.98 Å². The molecule has 1 N–H and O–H groups in total. The second-order valence-corrected chi connectivity index (χ2v) is 5.77. The van der Waals surface area contributed by atoms with E-state index < -0.39 is 5.97 Å². The van der Waals surface area contributed by atoms with Gasteiger partial charge in [-0.1, -0.05) is 12.1 Å². The van der Waals surface area contributed by atoms with E-state index in [1.165, 1.54) is 11.8 Å². The van der Waals surface area contributed by atoms with E-state index in [0.29, 0.717) is 5.56 Å². The van der Waals surface area contributed by atoms with Crippen LogP contribution in [0.25, 0.3) is 0 Å². The highest BCUT2D eigenvalue weighted by molar-refractivity contribution is 7.98. The van der Waals surface area contributed by atoms with Gasteiger partial charge in [-0.3, -0.25) is 0 Å². The van der Waals surface area contributed by atoms with Crippen molar-refractivity contribution in [2.45, 2.75) is 17.6 Å². The molecule has 0 aliphatic carbocycles. The third kappa shape index (κ3) is 3.08. The Kier molecular flexibility index (Phi) is 3.81.